The van der Waals surface area contributed by atoms with Gasteiger partial charge in [0.05, 0.1) is 5.69 Å². The summed E-state index contributed by atoms with van der Waals surface area (Å²) in [6, 6.07) is 26.3. The Labute approximate surface area is 187 Å². The predicted molar refractivity (Wildman–Crippen MR) is 123 cm³/mol. The van der Waals surface area contributed by atoms with Crippen molar-refractivity contribution in [2.24, 2.45) is 0 Å². The molecule has 0 unspecified atom stereocenters. The fourth-order valence-electron chi connectivity index (χ4n) is 4.11. The topological polar surface area (TPSA) is 52.7 Å². The largest absolute Gasteiger partial charge is 0.355 e. The van der Waals surface area contributed by atoms with Gasteiger partial charge in [-0.25, -0.2) is 9.18 Å². The minimum Gasteiger partial charge on any atom is -0.355 e. The second-order valence-corrected chi connectivity index (χ2v) is 7.82. The number of carbonyl (C=O) groups excluding carboxylic acids is 2. The number of anilines is 1. The quantitative estimate of drug-likeness (QED) is 0.575. The Balaban J connectivity index is 1.33. The minimum atomic E-state index is -0.444. The van der Waals surface area contributed by atoms with Crippen LogP contribution in [0.25, 0.3) is 0 Å². The number of nitrogens with one attached hydrogen (secondary N) is 1. The summed E-state index contributed by atoms with van der Waals surface area (Å²) in [6.07, 6.45) is 0.745. The van der Waals surface area contributed by atoms with Gasteiger partial charge in [0, 0.05) is 25.6 Å². The van der Waals surface area contributed by atoms with Crippen molar-refractivity contribution in [3.05, 3.63) is 102 Å². The van der Waals surface area contributed by atoms with Gasteiger partial charge in [0.1, 0.15) is 12.4 Å². The smallest absolute Gasteiger partial charge is 0.325 e. The van der Waals surface area contributed by atoms with Gasteiger partial charge in [0.2, 0.25) is 5.91 Å². The Morgan fingerprint density at radius 2 is 1.47 bits per heavy atom. The summed E-state index contributed by atoms with van der Waals surface area (Å²) in [5, 5.41) is 2.94. The van der Waals surface area contributed by atoms with Crippen molar-refractivity contribution in [2.45, 2.75) is 12.3 Å². The van der Waals surface area contributed by atoms with E-state index < -0.39 is 5.82 Å². The number of para-hydroxylation sites is 1. The average Bonchev–Trinajstić information content (AvgIpc) is 3.18. The molecule has 1 aliphatic heterocycles. The van der Waals surface area contributed by atoms with Crippen LogP contribution in [0.3, 0.4) is 0 Å². The van der Waals surface area contributed by atoms with Crippen LogP contribution in [-0.4, -0.2) is 43.0 Å². The molecule has 3 amide bonds. The van der Waals surface area contributed by atoms with Gasteiger partial charge in [0.25, 0.3) is 0 Å². The maximum absolute atomic E-state index is 14.0. The first-order valence-corrected chi connectivity index (χ1v) is 10.8. The Morgan fingerprint density at radius 3 is 2.09 bits per heavy atom. The molecule has 4 rings (SSSR count). The zero-order valence-corrected chi connectivity index (χ0v) is 17.8. The van der Waals surface area contributed by atoms with Crippen LogP contribution in [-0.2, 0) is 4.79 Å². The summed E-state index contributed by atoms with van der Waals surface area (Å²) in [6.45, 7) is 1.20. The molecule has 0 bridgehead atoms. The van der Waals surface area contributed by atoms with Gasteiger partial charge in [0.15, 0.2) is 0 Å². The normalized spacial score (nSPS) is 13.6. The molecule has 1 aliphatic rings. The molecule has 5 nitrogen and oxygen atoms in total. The first kappa shape index (κ1) is 21.6. The molecule has 0 aromatic heterocycles. The Morgan fingerprint density at radius 1 is 0.875 bits per heavy atom. The van der Waals surface area contributed by atoms with Gasteiger partial charge in [-0.3, -0.25) is 9.69 Å². The number of amides is 3. The van der Waals surface area contributed by atoms with Crippen LogP contribution in [0.15, 0.2) is 84.9 Å². The molecular weight excluding hydrogens is 405 g/mol. The summed E-state index contributed by atoms with van der Waals surface area (Å²) < 4.78 is 14.0. The van der Waals surface area contributed by atoms with Crippen LogP contribution in [0.1, 0.15) is 23.5 Å². The molecule has 0 aliphatic carbocycles. The SMILES string of the molecule is O=C(CN1CCN(c2ccccc2F)C1=O)NCCC(c1ccccc1)c1ccccc1. The summed E-state index contributed by atoms with van der Waals surface area (Å²) in [7, 11) is 0. The monoisotopic (exact) mass is 431 g/mol. The molecule has 1 N–H and O–H groups in total. The van der Waals surface area contributed by atoms with E-state index in [0.29, 0.717) is 19.6 Å². The number of nitrogens with zero attached hydrogens (tertiary/aromatic N) is 2. The van der Waals surface area contributed by atoms with E-state index in [9.17, 15) is 14.0 Å². The van der Waals surface area contributed by atoms with Crippen LogP contribution in [0.4, 0.5) is 14.9 Å². The highest BCUT2D eigenvalue weighted by Crippen LogP contribution is 2.27. The highest BCUT2D eigenvalue weighted by molar-refractivity contribution is 5.96. The lowest BCUT2D eigenvalue weighted by atomic mass is 9.88. The first-order valence-electron chi connectivity index (χ1n) is 10.8. The third kappa shape index (κ3) is 4.97. The molecule has 32 heavy (non-hydrogen) atoms. The Hall–Kier alpha value is -3.67. The summed E-state index contributed by atoms with van der Waals surface area (Å²) in [5.74, 6) is -0.490. The number of benzene rings is 3. The van der Waals surface area contributed by atoms with Crippen molar-refractivity contribution in [1.29, 1.82) is 0 Å². The zero-order valence-electron chi connectivity index (χ0n) is 17.8. The number of carbonyl (C=O) groups is 2. The van der Waals surface area contributed by atoms with Crippen molar-refractivity contribution in [1.82, 2.24) is 10.2 Å². The minimum absolute atomic E-state index is 0.0366. The average molecular weight is 432 g/mol. The lowest BCUT2D eigenvalue weighted by Gasteiger charge is -2.20. The number of rotatable bonds is 8. The van der Waals surface area contributed by atoms with Gasteiger partial charge >= 0.3 is 6.03 Å². The van der Waals surface area contributed by atoms with Gasteiger partial charge in [-0.15, -0.1) is 0 Å². The summed E-state index contributed by atoms with van der Waals surface area (Å²) >= 11 is 0. The molecule has 3 aromatic carbocycles. The maximum Gasteiger partial charge on any atom is 0.325 e. The van der Waals surface area contributed by atoms with E-state index in [1.165, 1.54) is 27.0 Å². The molecule has 6 heteroatoms. The van der Waals surface area contributed by atoms with Gasteiger partial charge < -0.3 is 10.2 Å². The number of hydrogen-bond donors (Lipinski definition) is 1. The van der Waals surface area contributed by atoms with E-state index in [-0.39, 0.29) is 30.1 Å². The first-order chi connectivity index (χ1) is 15.6. The van der Waals surface area contributed by atoms with E-state index in [4.69, 9.17) is 0 Å². The number of halogens is 1. The molecule has 1 saturated heterocycles. The van der Waals surface area contributed by atoms with Crippen LogP contribution in [0.2, 0.25) is 0 Å². The van der Waals surface area contributed by atoms with Crippen LogP contribution in [0.5, 0.6) is 0 Å². The lowest BCUT2D eigenvalue weighted by molar-refractivity contribution is -0.121. The fraction of sp³-hybridized carbons (Fsp3) is 0.231. The third-order valence-electron chi connectivity index (χ3n) is 5.73. The Kier molecular flexibility index (Phi) is 6.80. The van der Waals surface area contributed by atoms with E-state index in [0.717, 1.165) is 6.42 Å². The lowest BCUT2D eigenvalue weighted by Crippen LogP contribution is -2.40. The standard InChI is InChI=1S/C26H26FN3O2/c27-23-13-7-8-14-24(23)30-18-17-29(26(30)32)19-25(31)28-16-15-22(20-9-3-1-4-10-20)21-11-5-2-6-12-21/h1-14,22H,15-19H2,(H,28,31). The van der Waals surface area contributed by atoms with Crippen molar-refractivity contribution < 1.29 is 14.0 Å². The zero-order chi connectivity index (χ0) is 22.3. The van der Waals surface area contributed by atoms with Crippen LogP contribution in [0, 0.1) is 5.82 Å². The Bertz CT molecular complexity index is 1020. The van der Waals surface area contributed by atoms with E-state index in [1.54, 1.807) is 18.2 Å². The molecule has 0 saturated carbocycles. The third-order valence-corrected chi connectivity index (χ3v) is 5.73. The molecule has 0 radical (unpaired) electrons. The molecule has 0 atom stereocenters. The summed E-state index contributed by atoms with van der Waals surface area (Å²) in [4.78, 5) is 28.0. The van der Waals surface area contributed by atoms with Crippen molar-refractivity contribution >= 4 is 17.6 Å². The number of urea groups is 1. The fourth-order valence-corrected chi connectivity index (χ4v) is 4.11. The van der Waals surface area contributed by atoms with Crippen molar-refractivity contribution in [3.8, 4) is 0 Å². The van der Waals surface area contributed by atoms with Gasteiger partial charge in [-0.05, 0) is 29.7 Å². The predicted octanol–water partition coefficient (Wildman–Crippen LogP) is 4.41. The van der Waals surface area contributed by atoms with Crippen molar-refractivity contribution in [2.75, 3.05) is 31.1 Å². The second kappa shape index (κ2) is 10.1. The van der Waals surface area contributed by atoms with Gasteiger partial charge in [-0.1, -0.05) is 72.8 Å². The number of hydrogen-bond acceptors (Lipinski definition) is 2. The van der Waals surface area contributed by atoms with E-state index in [2.05, 4.69) is 29.6 Å². The van der Waals surface area contributed by atoms with Crippen LogP contribution < -0.4 is 10.2 Å². The second-order valence-electron chi connectivity index (χ2n) is 7.82. The molecule has 164 valence electrons. The molecule has 1 heterocycles. The van der Waals surface area contributed by atoms with Gasteiger partial charge in [-0.2, -0.15) is 0 Å². The van der Waals surface area contributed by atoms with E-state index >= 15 is 0 Å². The highest BCUT2D eigenvalue weighted by Gasteiger charge is 2.32. The molecule has 1 fully saturated rings. The van der Waals surface area contributed by atoms with Crippen LogP contribution >= 0.6 is 0 Å². The van der Waals surface area contributed by atoms with Crippen molar-refractivity contribution in [3.63, 3.8) is 0 Å². The summed E-state index contributed by atoms with van der Waals surface area (Å²) in [5.41, 5.74) is 2.64. The molecule has 3 aromatic rings. The molecule has 0 spiro atoms. The molecular formula is C26H26FN3O2. The highest BCUT2D eigenvalue weighted by atomic mass is 19.1. The van der Waals surface area contributed by atoms with E-state index in [1.807, 2.05) is 36.4 Å². The maximum atomic E-state index is 14.0.